The Kier molecular flexibility index (Phi) is 15.7. The molecule has 0 spiro atoms. The molecule has 262 valence electrons. The van der Waals surface area contributed by atoms with Crippen molar-refractivity contribution in [1.29, 1.82) is 0 Å². The van der Waals surface area contributed by atoms with Crippen LogP contribution in [0, 0.1) is 0 Å². The maximum absolute atomic E-state index is 11.4. The van der Waals surface area contributed by atoms with Crippen molar-refractivity contribution in [2.24, 2.45) is 5.14 Å². The zero-order valence-electron chi connectivity index (χ0n) is 27.1. The van der Waals surface area contributed by atoms with Gasteiger partial charge in [0.15, 0.2) is 5.60 Å². The highest BCUT2D eigenvalue weighted by atomic mass is 32.2. The molecule has 0 bridgehead atoms. The van der Waals surface area contributed by atoms with Gasteiger partial charge in [-0.2, -0.15) is 0 Å². The van der Waals surface area contributed by atoms with Crippen molar-refractivity contribution in [3.8, 4) is 5.75 Å². The van der Waals surface area contributed by atoms with Gasteiger partial charge in [0.2, 0.25) is 10.0 Å². The number of carboxylic acids is 1. The molecule has 2 atom stereocenters. The number of primary sulfonamides is 1. The lowest BCUT2D eigenvalue weighted by Gasteiger charge is -2.27. The monoisotopic (exact) mass is 684 g/mol. The van der Waals surface area contributed by atoms with E-state index in [2.05, 4.69) is 5.32 Å². The van der Waals surface area contributed by atoms with Crippen molar-refractivity contribution in [3.63, 3.8) is 0 Å². The van der Waals surface area contributed by atoms with E-state index in [4.69, 9.17) is 15.0 Å². The topological polar surface area (TPSA) is 200 Å². The van der Waals surface area contributed by atoms with Gasteiger partial charge in [-0.1, -0.05) is 67.5 Å². The molecule has 0 saturated heterocycles. The number of benzene rings is 3. The zero-order valence-corrected chi connectivity index (χ0v) is 27.9. The van der Waals surface area contributed by atoms with Crippen LogP contribution >= 0.6 is 0 Å². The quantitative estimate of drug-likeness (QED) is 0.0956. The number of rotatable bonds is 18. The maximum Gasteiger partial charge on any atom is 0.340 e. The molecule has 3 aromatic carbocycles. The van der Waals surface area contributed by atoms with Gasteiger partial charge in [0.25, 0.3) is 0 Å². The molecule has 0 saturated carbocycles. The van der Waals surface area contributed by atoms with Gasteiger partial charge >= 0.3 is 5.97 Å². The zero-order chi connectivity index (χ0) is 35.0. The van der Waals surface area contributed by atoms with E-state index >= 15 is 0 Å². The van der Waals surface area contributed by atoms with Gasteiger partial charge in [0.05, 0.1) is 17.6 Å². The Balaban J connectivity index is 0.000000368. The second kappa shape index (κ2) is 19.4. The number of sulfonamides is 1. The number of unbranched alkanes of at least 4 members (excludes halogenated alkanes) is 4. The van der Waals surface area contributed by atoms with Crippen LogP contribution < -0.4 is 10.5 Å². The largest absolute Gasteiger partial charge is 0.508 e. The summed E-state index contributed by atoms with van der Waals surface area (Å²) in [7, 11) is -3.66. The van der Waals surface area contributed by atoms with Gasteiger partial charge in [-0.05, 0) is 79.6 Å². The van der Waals surface area contributed by atoms with E-state index in [1.165, 1.54) is 12.1 Å². The molecule has 0 heterocycles. The third-order valence-electron chi connectivity index (χ3n) is 8.09. The second-order valence-electron chi connectivity index (χ2n) is 11.8. The number of aliphatic hydroxyl groups is 3. The minimum Gasteiger partial charge on any atom is -0.508 e. The standard InChI is InChI=1S/C25H38N2O6S.C11H10O3/c26-34(31,32)23-10-7-9-20(16-23)8-3-6-15-33-14-5-2-1-4-13-27-18-25(30)21-11-12-24(29)22(17-21)19-28;12-10(13)11(14)7-3-5-8-4-1-2-6-9(8)11/h7,9-12,16-17,25,27-30H,1-6,8,13-15,18-19H2,(H2,26,31,32);1-6,14H,7H2,(H,12,13)/t25-;/m0./s1. The lowest BCUT2D eigenvalue weighted by atomic mass is 9.83. The summed E-state index contributed by atoms with van der Waals surface area (Å²) < 4.78 is 28.5. The molecule has 1 unspecified atom stereocenters. The Bertz CT molecular complexity index is 1600. The SMILES string of the molecule is NS(=O)(=O)c1cccc(CCCCOCCCCCCNC[C@H](O)c2ccc(O)c(CO)c2)c1.O=C(O)C1(O)CC=Cc2ccccc21. The van der Waals surface area contributed by atoms with Crippen molar-refractivity contribution >= 4 is 22.1 Å². The first-order chi connectivity index (χ1) is 23.0. The highest BCUT2D eigenvalue weighted by Gasteiger charge is 2.39. The van der Waals surface area contributed by atoms with Gasteiger partial charge in [-0.3, -0.25) is 0 Å². The molecule has 48 heavy (non-hydrogen) atoms. The Morgan fingerprint density at radius 1 is 0.958 bits per heavy atom. The number of nitrogens with two attached hydrogens (primary N) is 1. The molecule has 0 amide bonds. The Labute approximate surface area is 282 Å². The number of carbonyl (C=O) groups is 1. The lowest BCUT2D eigenvalue weighted by Crippen LogP contribution is -2.36. The van der Waals surface area contributed by atoms with Crippen LogP contribution in [0.5, 0.6) is 5.75 Å². The predicted octanol–water partition coefficient (Wildman–Crippen LogP) is 4.13. The average Bonchev–Trinajstić information content (AvgIpc) is 3.07. The van der Waals surface area contributed by atoms with Crippen molar-refractivity contribution in [1.82, 2.24) is 5.32 Å². The number of hydrogen-bond acceptors (Lipinski definition) is 9. The normalized spacial score (nSPS) is 16.1. The number of hydrogen-bond donors (Lipinski definition) is 7. The van der Waals surface area contributed by atoms with Crippen LogP contribution in [0.15, 0.2) is 77.7 Å². The van der Waals surface area contributed by atoms with E-state index < -0.39 is 27.7 Å². The molecule has 0 radical (unpaired) electrons. The van der Waals surface area contributed by atoms with Crippen LogP contribution in [0.4, 0.5) is 0 Å². The molecule has 0 fully saturated rings. The van der Waals surface area contributed by atoms with Gasteiger partial charge < -0.3 is 35.6 Å². The fourth-order valence-corrected chi connectivity index (χ4v) is 5.89. The number of aliphatic carboxylic acids is 1. The van der Waals surface area contributed by atoms with E-state index in [1.807, 2.05) is 18.2 Å². The van der Waals surface area contributed by atoms with Crippen LogP contribution in [0.2, 0.25) is 0 Å². The number of aliphatic hydroxyl groups excluding tert-OH is 2. The Hall–Kier alpha value is -3.62. The van der Waals surface area contributed by atoms with Crippen LogP contribution in [0.1, 0.15) is 78.9 Å². The summed E-state index contributed by atoms with van der Waals surface area (Å²) in [6.45, 7) is 2.41. The van der Waals surface area contributed by atoms with Gasteiger partial charge in [-0.15, -0.1) is 0 Å². The third kappa shape index (κ3) is 12.1. The summed E-state index contributed by atoms with van der Waals surface area (Å²) in [6.07, 6.45) is 9.79. The van der Waals surface area contributed by atoms with Crippen molar-refractivity contribution in [2.75, 3.05) is 26.3 Å². The van der Waals surface area contributed by atoms with E-state index in [9.17, 15) is 33.6 Å². The predicted molar refractivity (Wildman–Crippen MR) is 184 cm³/mol. The molecule has 4 rings (SSSR count). The molecule has 1 aliphatic carbocycles. The van der Waals surface area contributed by atoms with E-state index in [1.54, 1.807) is 48.5 Å². The summed E-state index contributed by atoms with van der Waals surface area (Å²) in [6, 6.07) is 18.5. The van der Waals surface area contributed by atoms with Crippen LogP contribution in [0.3, 0.4) is 0 Å². The molecule has 12 heteroatoms. The minimum absolute atomic E-state index is 0.0310. The smallest absolute Gasteiger partial charge is 0.340 e. The fraction of sp³-hybridized carbons (Fsp3) is 0.417. The highest BCUT2D eigenvalue weighted by Crippen LogP contribution is 2.33. The lowest BCUT2D eigenvalue weighted by molar-refractivity contribution is -0.159. The van der Waals surface area contributed by atoms with Crippen LogP contribution in [-0.2, 0) is 38.2 Å². The van der Waals surface area contributed by atoms with Crippen LogP contribution in [0.25, 0.3) is 6.08 Å². The summed E-state index contributed by atoms with van der Waals surface area (Å²) >= 11 is 0. The molecular formula is C36H48N2O9S. The summed E-state index contributed by atoms with van der Waals surface area (Å²) in [5.41, 5.74) is 1.52. The van der Waals surface area contributed by atoms with Crippen molar-refractivity contribution in [3.05, 3.63) is 101 Å². The first-order valence-corrected chi connectivity index (χ1v) is 17.7. The summed E-state index contributed by atoms with van der Waals surface area (Å²) in [5.74, 6) is -1.17. The van der Waals surface area contributed by atoms with E-state index in [0.717, 1.165) is 69.2 Å². The van der Waals surface area contributed by atoms with Crippen molar-refractivity contribution < 1.29 is 43.5 Å². The Morgan fingerprint density at radius 2 is 1.69 bits per heavy atom. The number of aromatic hydroxyl groups is 1. The fourth-order valence-electron chi connectivity index (χ4n) is 5.30. The van der Waals surface area contributed by atoms with Crippen molar-refractivity contribution in [2.45, 2.75) is 74.6 Å². The van der Waals surface area contributed by atoms with Gasteiger partial charge in [0, 0.05) is 37.3 Å². The number of aryl methyl sites for hydroxylation is 1. The maximum atomic E-state index is 11.4. The Morgan fingerprint density at radius 3 is 2.42 bits per heavy atom. The first kappa shape index (κ1) is 38.8. The van der Waals surface area contributed by atoms with Crippen LogP contribution in [-0.4, -0.2) is 66.2 Å². The number of fused-ring (bicyclic) bond motifs is 1. The van der Waals surface area contributed by atoms with Gasteiger partial charge in [-0.25, -0.2) is 18.4 Å². The second-order valence-corrected chi connectivity index (χ2v) is 13.4. The molecular weight excluding hydrogens is 636 g/mol. The average molecular weight is 685 g/mol. The molecule has 11 nitrogen and oxygen atoms in total. The number of ether oxygens (including phenoxy) is 1. The number of phenols is 1. The summed E-state index contributed by atoms with van der Waals surface area (Å²) in [4.78, 5) is 11.1. The molecule has 0 aromatic heterocycles. The summed E-state index contributed by atoms with van der Waals surface area (Å²) in [5, 5.41) is 56.3. The van der Waals surface area contributed by atoms with E-state index in [0.29, 0.717) is 29.8 Å². The first-order valence-electron chi connectivity index (χ1n) is 16.2. The van der Waals surface area contributed by atoms with E-state index in [-0.39, 0.29) is 23.7 Å². The van der Waals surface area contributed by atoms with Gasteiger partial charge in [0.1, 0.15) is 5.75 Å². The minimum atomic E-state index is -3.66. The molecule has 0 aliphatic heterocycles. The molecule has 3 aromatic rings. The number of nitrogens with one attached hydrogen (secondary N) is 1. The highest BCUT2D eigenvalue weighted by molar-refractivity contribution is 7.89. The number of carboxylic acid groups (broad SMARTS) is 1. The third-order valence-corrected chi connectivity index (χ3v) is 9.00. The molecule has 1 aliphatic rings. The molecule has 8 N–H and O–H groups in total.